The van der Waals surface area contributed by atoms with Crippen LogP contribution in [0.15, 0.2) is 60.7 Å². The Kier molecular flexibility index (Phi) is 6.33. The quantitative estimate of drug-likeness (QED) is 0.595. The molecule has 0 aliphatic carbocycles. The molecular weight excluding hydrogens is 258 g/mol. The van der Waals surface area contributed by atoms with Crippen molar-refractivity contribution in [2.24, 2.45) is 0 Å². The summed E-state index contributed by atoms with van der Waals surface area (Å²) in [5.41, 5.74) is 0. The molecule has 0 aliphatic rings. The van der Waals surface area contributed by atoms with E-state index in [-0.39, 0.29) is 0 Å². The van der Waals surface area contributed by atoms with Gasteiger partial charge in [0.05, 0.1) is 0 Å². The summed E-state index contributed by atoms with van der Waals surface area (Å²) in [6.07, 6.45) is 7.14. The summed E-state index contributed by atoms with van der Waals surface area (Å²) in [6, 6.07) is 7.72. The van der Waals surface area contributed by atoms with Crippen LogP contribution in [0.1, 0.15) is 13.8 Å². The van der Waals surface area contributed by atoms with Gasteiger partial charge in [-0.1, -0.05) is 0 Å². The van der Waals surface area contributed by atoms with Crippen molar-refractivity contribution in [2.75, 3.05) is 6.16 Å². The first-order valence-electron chi connectivity index (χ1n) is 6.12. The van der Waals surface area contributed by atoms with E-state index in [1.165, 1.54) is 0 Å². The van der Waals surface area contributed by atoms with E-state index in [0.29, 0.717) is 5.75 Å². The fourth-order valence-electron chi connectivity index (χ4n) is 2.05. The maximum atomic E-state index is 10.1. The summed E-state index contributed by atoms with van der Waals surface area (Å²) in [5.74, 6) is 4.95. The fourth-order valence-corrected chi connectivity index (χ4v) is 9.44. The molecule has 0 saturated heterocycles. The number of phenolic OH excluding ortho intramolecular Hbond substituents is 1. The van der Waals surface area contributed by atoms with Crippen LogP contribution in [-0.4, -0.2) is 11.3 Å². The van der Waals surface area contributed by atoms with Crippen LogP contribution in [0.5, 0.6) is 5.75 Å². The summed E-state index contributed by atoms with van der Waals surface area (Å²) in [6.45, 7) is 6.13. The van der Waals surface area contributed by atoms with Crippen LogP contribution in [0.3, 0.4) is 0 Å². The van der Waals surface area contributed by atoms with Gasteiger partial charge in [-0.3, -0.25) is 0 Å². The van der Waals surface area contributed by atoms with Gasteiger partial charge in [-0.2, -0.15) is 0 Å². The summed E-state index contributed by atoms with van der Waals surface area (Å²) in [5, 5.41) is 11.3. The number of allylic oxidation sites excluding steroid dienone is 3. The molecule has 98 valence electrons. The number of rotatable bonds is 6. The number of hydrogen-bond donors (Lipinski definition) is 1. The number of phenols is 1. The van der Waals surface area contributed by atoms with Gasteiger partial charge in [0.2, 0.25) is 0 Å². The van der Waals surface area contributed by atoms with E-state index in [0.717, 1.165) is 19.7 Å². The van der Waals surface area contributed by atoms with Crippen molar-refractivity contribution in [3.8, 4) is 5.75 Å². The molecule has 0 bridgehead atoms. The van der Waals surface area contributed by atoms with E-state index in [4.69, 9.17) is 0 Å². The van der Waals surface area contributed by atoms with E-state index in [9.17, 15) is 5.11 Å². The predicted octanol–water partition coefficient (Wildman–Crippen LogP) is 4.61. The molecular formula is C15H22OP2. The van der Waals surface area contributed by atoms with Crippen LogP contribution in [-0.2, 0) is 0 Å². The molecule has 0 spiro atoms. The van der Waals surface area contributed by atoms with Crippen molar-refractivity contribution in [3.05, 3.63) is 60.7 Å². The Bertz CT molecular complexity index is 452. The standard InChI is InChI=1S/C15H22OP2/c1-4-11-17-18(12-5-2,13-6-3)15-10-8-7-9-14(15)16/h4-11,13,16-18H,2,12H2,1,3H3/b11-4+,13-6+. The van der Waals surface area contributed by atoms with Crippen molar-refractivity contribution in [1.82, 2.24) is 0 Å². The van der Waals surface area contributed by atoms with Crippen LogP contribution < -0.4 is 5.30 Å². The molecule has 0 radical (unpaired) electrons. The van der Waals surface area contributed by atoms with Crippen molar-refractivity contribution < 1.29 is 5.11 Å². The summed E-state index contributed by atoms with van der Waals surface area (Å²) in [4.78, 5) is 0. The third kappa shape index (κ3) is 3.55. The van der Waals surface area contributed by atoms with Crippen LogP contribution in [0.4, 0.5) is 0 Å². The van der Waals surface area contributed by atoms with Crippen molar-refractivity contribution in [2.45, 2.75) is 13.8 Å². The van der Waals surface area contributed by atoms with Gasteiger partial charge < -0.3 is 0 Å². The van der Waals surface area contributed by atoms with Gasteiger partial charge in [0.1, 0.15) is 0 Å². The average molecular weight is 280 g/mol. The number of aromatic hydroxyl groups is 1. The van der Waals surface area contributed by atoms with Crippen molar-refractivity contribution in [3.63, 3.8) is 0 Å². The summed E-state index contributed by atoms with van der Waals surface area (Å²) in [7, 11) is 0.721. The number of benzene rings is 1. The fraction of sp³-hybridized carbons (Fsp3) is 0.200. The first kappa shape index (κ1) is 15.2. The molecule has 0 saturated carbocycles. The minimum absolute atomic E-state index is 0.418. The van der Waals surface area contributed by atoms with Crippen molar-refractivity contribution in [1.29, 1.82) is 0 Å². The van der Waals surface area contributed by atoms with Gasteiger partial charge >= 0.3 is 112 Å². The molecule has 18 heavy (non-hydrogen) atoms. The topological polar surface area (TPSA) is 20.2 Å². The SMILES string of the molecule is C=CC[PH](/C=C/C)(P/C=C/C)c1ccccc1O. The molecule has 1 rings (SSSR count). The molecule has 3 heteroatoms. The minimum atomic E-state index is -1.84. The van der Waals surface area contributed by atoms with Gasteiger partial charge in [-0.15, -0.1) is 0 Å². The molecule has 1 aromatic rings. The molecule has 1 N–H and O–H groups in total. The normalized spacial score (nSPS) is 13.9. The molecule has 1 nitrogen and oxygen atoms in total. The Hall–Kier alpha value is -0.900. The Morgan fingerprint density at radius 2 is 2.00 bits per heavy atom. The zero-order valence-corrected chi connectivity index (χ0v) is 13.1. The second-order valence-corrected chi connectivity index (χ2v) is 11.5. The first-order chi connectivity index (χ1) is 8.70. The second-order valence-electron chi connectivity index (χ2n) is 4.13. The van der Waals surface area contributed by atoms with Crippen LogP contribution in [0, 0.1) is 0 Å². The van der Waals surface area contributed by atoms with Crippen LogP contribution in [0.25, 0.3) is 0 Å². The Balaban J connectivity index is 3.32. The zero-order chi connectivity index (χ0) is 13.4. The zero-order valence-electron chi connectivity index (χ0n) is 11.1. The van der Waals surface area contributed by atoms with E-state index in [1.807, 2.05) is 32.1 Å². The second kappa shape index (κ2) is 7.52. The van der Waals surface area contributed by atoms with Gasteiger partial charge in [0.25, 0.3) is 0 Å². The number of hydrogen-bond acceptors (Lipinski definition) is 1. The van der Waals surface area contributed by atoms with Gasteiger partial charge in [0, 0.05) is 0 Å². The van der Waals surface area contributed by atoms with Crippen molar-refractivity contribution >= 4 is 20.5 Å². The average Bonchev–Trinajstić information content (AvgIpc) is 2.37. The van der Waals surface area contributed by atoms with Crippen LogP contribution >= 0.6 is 15.2 Å². The maximum absolute atomic E-state index is 10.1. The number of para-hydroxylation sites is 1. The molecule has 1 unspecified atom stereocenters. The summed E-state index contributed by atoms with van der Waals surface area (Å²) >= 11 is 0. The third-order valence-electron chi connectivity index (χ3n) is 2.81. The molecule has 0 amide bonds. The Morgan fingerprint density at radius 3 is 2.56 bits per heavy atom. The van der Waals surface area contributed by atoms with Crippen LogP contribution in [0.2, 0.25) is 0 Å². The molecule has 1 aromatic carbocycles. The monoisotopic (exact) mass is 280 g/mol. The third-order valence-corrected chi connectivity index (χ3v) is 11.0. The molecule has 0 fully saturated rings. The molecule has 1 atom stereocenters. The molecule has 0 aliphatic heterocycles. The van der Waals surface area contributed by atoms with Gasteiger partial charge in [0.15, 0.2) is 0 Å². The Morgan fingerprint density at radius 1 is 1.28 bits per heavy atom. The van der Waals surface area contributed by atoms with E-state index < -0.39 is 6.95 Å². The Labute approximate surface area is 112 Å². The van der Waals surface area contributed by atoms with E-state index in [2.05, 4.69) is 36.4 Å². The predicted molar refractivity (Wildman–Crippen MR) is 89.1 cm³/mol. The molecule has 0 heterocycles. The van der Waals surface area contributed by atoms with E-state index in [1.54, 1.807) is 6.07 Å². The summed E-state index contributed by atoms with van der Waals surface area (Å²) < 4.78 is 0. The van der Waals surface area contributed by atoms with E-state index >= 15 is 0 Å². The molecule has 0 aromatic heterocycles. The van der Waals surface area contributed by atoms with Gasteiger partial charge in [-0.25, -0.2) is 0 Å². The first-order valence-corrected chi connectivity index (χ1v) is 10.5. The van der Waals surface area contributed by atoms with Gasteiger partial charge in [-0.05, 0) is 0 Å².